The smallest absolute Gasteiger partial charge is 0.0452 e. The SMILES string of the molecule is CCC(C(N)c1ccccc1)N(C)C1CCCC1. The van der Waals surface area contributed by atoms with Crippen LogP contribution in [0.1, 0.15) is 50.6 Å². The summed E-state index contributed by atoms with van der Waals surface area (Å²) in [6, 6.07) is 11.8. The molecule has 2 N–H and O–H groups in total. The average Bonchev–Trinajstić information content (AvgIpc) is 2.94. The van der Waals surface area contributed by atoms with Crippen LogP contribution in [0.15, 0.2) is 30.3 Å². The van der Waals surface area contributed by atoms with Gasteiger partial charge in [-0.1, -0.05) is 50.1 Å². The van der Waals surface area contributed by atoms with Crippen molar-refractivity contribution in [1.29, 1.82) is 0 Å². The Labute approximate surface area is 111 Å². The minimum Gasteiger partial charge on any atom is -0.323 e. The number of nitrogens with two attached hydrogens (primary N) is 1. The van der Waals surface area contributed by atoms with Crippen LogP contribution >= 0.6 is 0 Å². The van der Waals surface area contributed by atoms with Gasteiger partial charge in [-0.15, -0.1) is 0 Å². The Balaban J connectivity index is 2.07. The van der Waals surface area contributed by atoms with Crippen LogP contribution in [0.3, 0.4) is 0 Å². The van der Waals surface area contributed by atoms with Gasteiger partial charge >= 0.3 is 0 Å². The average molecular weight is 246 g/mol. The number of hydrogen-bond acceptors (Lipinski definition) is 2. The summed E-state index contributed by atoms with van der Waals surface area (Å²) >= 11 is 0. The van der Waals surface area contributed by atoms with E-state index < -0.39 is 0 Å². The molecule has 2 unspecified atom stereocenters. The molecule has 0 amide bonds. The van der Waals surface area contributed by atoms with Crippen molar-refractivity contribution in [1.82, 2.24) is 4.90 Å². The number of rotatable bonds is 5. The third-order valence-electron chi connectivity index (χ3n) is 4.44. The van der Waals surface area contributed by atoms with Crippen LogP contribution in [0, 0.1) is 0 Å². The maximum Gasteiger partial charge on any atom is 0.0452 e. The summed E-state index contributed by atoms with van der Waals surface area (Å²) in [6.45, 7) is 2.25. The molecule has 0 spiro atoms. The van der Waals surface area contributed by atoms with Crippen molar-refractivity contribution in [2.75, 3.05) is 7.05 Å². The maximum absolute atomic E-state index is 6.48. The molecule has 2 nitrogen and oxygen atoms in total. The van der Waals surface area contributed by atoms with E-state index in [4.69, 9.17) is 5.73 Å². The predicted octanol–water partition coefficient (Wildman–Crippen LogP) is 3.34. The summed E-state index contributed by atoms with van der Waals surface area (Å²) in [5.41, 5.74) is 7.74. The highest BCUT2D eigenvalue weighted by Gasteiger charge is 2.28. The highest BCUT2D eigenvalue weighted by molar-refractivity contribution is 5.20. The molecule has 1 aromatic carbocycles. The van der Waals surface area contributed by atoms with E-state index in [1.165, 1.54) is 31.2 Å². The van der Waals surface area contributed by atoms with Crippen LogP contribution in [0.5, 0.6) is 0 Å². The Morgan fingerprint density at radius 2 is 1.83 bits per heavy atom. The highest BCUT2D eigenvalue weighted by atomic mass is 15.2. The summed E-state index contributed by atoms with van der Waals surface area (Å²) in [5.74, 6) is 0. The molecule has 0 radical (unpaired) electrons. The molecule has 1 aromatic rings. The minimum absolute atomic E-state index is 0.127. The van der Waals surface area contributed by atoms with E-state index in [-0.39, 0.29) is 6.04 Å². The van der Waals surface area contributed by atoms with Gasteiger partial charge in [0.25, 0.3) is 0 Å². The minimum atomic E-state index is 0.127. The highest BCUT2D eigenvalue weighted by Crippen LogP contribution is 2.28. The van der Waals surface area contributed by atoms with Crippen LogP contribution in [-0.4, -0.2) is 24.0 Å². The lowest BCUT2D eigenvalue weighted by atomic mass is 9.96. The molecule has 0 aliphatic heterocycles. The first-order valence-electron chi connectivity index (χ1n) is 7.26. The van der Waals surface area contributed by atoms with E-state index in [1.54, 1.807) is 0 Å². The van der Waals surface area contributed by atoms with E-state index in [9.17, 15) is 0 Å². The zero-order valence-electron chi connectivity index (χ0n) is 11.7. The summed E-state index contributed by atoms with van der Waals surface area (Å²) in [4.78, 5) is 2.53. The van der Waals surface area contributed by atoms with Crippen molar-refractivity contribution in [3.8, 4) is 0 Å². The van der Waals surface area contributed by atoms with E-state index >= 15 is 0 Å². The molecule has 2 rings (SSSR count). The Bertz CT molecular complexity index is 343. The monoisotopic (exact) mass is 246 g/mol. The van der Waals surface area contributed by atoms with Crippen molar-refractivity contribution in [3.63, 3.8) is 0 Å². The van der Waals surface area contributed by atoms with Crippen LogP contribution in [-0.2, 0) is 0 Å². The molecular formula is C16H26N2. The second-order valence-corrected chi connectivity index (χ2v) is 5.52. The first-order valence-corrected chi connectivity index (χ1v) is 7.26. The van der Waals surface area contributed by atoms with Crippen molar-refractivity contribution in [3.05, 3.63) is 35.9 Å². The van der Waals surface area contributed by atoms with Crippen molar-refractivity contribution < 1.29 is 0 Å². The Morgan fingerprint density at radius 3 is 2.39 bits per heavy atom. The number of nitrogens with zero attached hydrogens (tertiary/aromatic N) is 1. The van der Waals surface area contributed by atoms with E-state index in [1.807, 2.05) is 0 Å². The summed E-state index contributed by atoms with van der Waals surface area (Å²) in [6.07, 6.45) is 6.56. The number of benzene rings is 1. The van der Waals surface area contributed by atoms with E-state index in [0.717, 1.165) is 12.5 Å². The molecule has 1 fully saturated rings. The Kier molecular flexibility index (Phi) is 4.79. The topological polar surface area (TPSA) is 29.3 Å². The Hall–Kier alpha value is -0.860. The molecule has 0 aromatic heterocycles. The number of likely N-dealkylation sites (N-methyl/N-ethyl adjacent to an activating group) is 1. The second kappa shape index (κ2) is 6.35. The fourth-order valence-electron chi connectivity index (χ4n) is 3.27. The molecule has 2 atom stereocenters. The number of hydrogen-bond donors (Lipinski definition) is 1. The maximum atomic E-state index is 6.48. The fourth-order valence-corrected chi connectivity index (χ4v) is 3.27. The van der Waals surface area contributed by atoms with Gasteiger partial charge in [-0.25, -0.2) is 0 Å². The fraction of sp³-hybridized carbons (Fsp3) is 0.625. The lowest BCUT2D eigenvalue weighted by Gasteiger charge is -2.36. The third kappa shape index (κ3) is 2.93. The lowest BCUT2D eigenvalue weighted by Crippen LogP contribution is -2.44. The van der Waals surface area contributed by atoms with Gasteiger partial charge in [-0.2, -0.15) is 0 Å². The lowest BCUT2D eigenvalue weighted by molar-refractivity contribution is 0.147. The van der Waals surface area contributed by atoms with Gasteiger partial charge in [0.1, 0.15) is 0 Å². The largest absolute Gasteiger partial charge is 0.323 e. The standard InChI is InChI=1S/C16H26N2/c1-3-15(18(2)14-11-7-8-12-14)16(17)13-9-5-4-6-10-13/h4-6,9-10,14-16H,3,7-8,11-12,17H2,1-2H3. The van der Waals surface area contributed by atoms with Crippen LogP contribution in [0.2, 0.25) is 0 Å². The van der Waals surface area contributed by atoms with Crippen molar-refractivity contribution in [2.24, 2.45) is 5.73 Å². The zero-order valence-corrected chi connectivity index (χ0v) is 11.7. The van der Waals surface area contributed by atoms with Gasteiger partial charge in [0.15, 0.2) is 0 Å². The van der Waals surface area contributed by atoms with Crippen LogP contribution in [0.4, 0.5) is 0 Å². The van der Waals surface area contributed by atoms with Gasteiger partial charge in [0.05, 0.1) is 0 Å². The van der Waals surface area contributed by atoms with Gasteiger partial charge in [0.2, 0.25) is 0 Å². The van der Waals surface area contributed by atoms with E-state index in [2.05, 4.69) is 49.2 Å². The van der Waals surface area contributed by atoms with Gasteiger partial charge < -0.3 is 5.73 Å². The van der Waals surface area contributed by atoms with E-state index in [0.29, 0.717) is 6.04 Å². The molecule has 0 heterocycles. The molecule has 0 saturated heterocycles. The van der Waals surface area contributed by atoms with Crippen LogP contribution in [0.25, 0.3) is 0 Å². The molecular weight excluding hydrogens is 220 g/mol. The summed E-state index contributed by atoms with van der Waals surface area (Å²) in [5, 5.41) is 0. The summed E-state index contributed by atoms with van der Waals surface area (Å²) < 4.78 is 0. The van der Waals surface area contributed by atoms with Crippen LogP contribution < -0.4 is 5.73 Å². The second-order valence-electron chi connectivity index (χ2n) is 5.52. The molecule has 0 bridgehead atoms. The molecule has 1 aliphatic carbocycles. The normalized spacial score (nSPS) is 20.2. The zero-order chi connectivity index (χ0) is 13.0. The van der Waals surface area contributed by atoms with Gasteiger partial charge in [-0.3, -0.25) is 4.90 Å². The van der Waals surface area contributed by atoms with Crippen molar-refractivity contribution in [2.45, 2.75) is 57.2 Å². The van der Waals surface area contributed by atoms with Gasteiger partial charge in [0, 0.05) is 18.1 Å². The first-order chi connectivity index (χ1) is 8.74. The molecule has 1 aliphatic rings. The third-order valence-corrected chi connectivity index (χ3v) is 4.44. The van der Waals surface area contributed by atoms with Crippen molar-refractivity contribution >= 4 is 0 Å². The first kappa shape index (κ1) is 13.6. The molecule has 18 heavy (non-hydrogen) atoms. The van der Waals surface area contributed by atoms with Gasteiger partial charge in [-0.05, 0) is 31.9 Å². The predicted molar refractivity (Wildman–Crippen MR) is 77.5 cm³/mol. The quantitative estimate of drug-likeness (QED) is 0.863. The Morgan fingerprint density at radius 1 is 1.22 bits per heavy atom. The molecule has 1 saturated carbocycles. The molecule has 2 heteroatoms. The summed E-state index contributed by atoms with van der Waals surface area (Å²) in [7, 11) is 2.26. The molecule has 100 valence electrons.